The van der Waals surface area contributed by atoms with Crippen LogP contribution in [0.4, 0.5) is 0 Å². The first kappa shape index (κ1) is 17.2. The maximum atomic E-state index is 12.1. The van der Waals surface area contributed by atoms with Gasteiger partial charge in [-0.25, -0.2) is 0 Å². The van der Waals surface area contributed by atoms with Gasteiger partial charge in [0.05, 0.1) is 0 Å². The van der Waals surface area contributed by atoms with Crippen LogP contribution in [0.5, 0.6) is 0 Å². The summed E-state index contributed by atoms with van der Waals surface area (Å²) in [5.74, 6) is -0.199. The summed E-state index contributed by atoms with van der Waals surface area (Å²) in [5, 5.41) is 0. The number of aryl methyl sites for hydroxylation is 1. The molecule has 0 saturated carbocycles. The monoisotopic (exact) mass is 358 g/mol. The zero-order valence-corrected chi connectivity index (χ0v) is 14.8. The van der Waals surface area contributed by atoms with Crippen LogP contribution in [-0.2, 0) is 26.2 Å². The van der Waals surface area contributed by atoms with E-state index in [0.29, 0.717) is 5.56 Å². The number of hydrogen-bond donors (Lipinski definition) is 0. The topological polar surface area (TPSA) is 76.0 Å². The molecule has 130 valence electrons. The number of sulfonamides is 1. The highest BCUT2D eigenvalue weighted by Gasteiger charge is 2.31. The predicted molar refractivity (Wildman–Crippen MR) is 93.8 cm³/mol. The fourth-order valence-corrected chi connectivity index (χ4v) is 3.78. The average molecular weight is 358 g/mol. The van der Waals surface area contributed by atoms with Gasteiger partial charge in [0, 0.05) is 12.6 Å². The second kappa shape index (κ2) is 6.68. The molecule has 6 nitrogen and oxygen atoms in total. The van der Waals surface area contributed by atoms with Gasteiger partial charge in [-0.15, -0.1) is 4.40 Å². The van der Waals surface area contributed by atoms with Crippen LogP contribution < -0.4 is 0 Å². The molecule has 0 saturated heterocycles. The van der Waals surface area contributed by atoms with Crippen molar-refractivity contribution in [1.82, 2.24) is 4.90 Å². The van der Waals surface area contributed by atoms with Crippen molar-refractivity contribution >= 4 is 21.8 Å². The number of benzene rings is 2. The predicted octanol–water partition coefficient (Wildman–Crippen LogP) is 2.12. The highest BCUT2D eigenvalue weighted by atomic mass is 32.2. The Morgan fingerprint density at radius 1 is 1.12 bits per heavy atom. The van der Waals surface area contributed by atoms with Crippen molar-refractivity contribution in [2.45, 2.75) is 18.4 Å². The van der Waals surface area contributed by atoms with E-state index < -0.39 is 16.0 Å². The fraction of sp³-hybridized carbons (Fsp3) is 0.222. The van der Waals surface area contributed by atoms with E-state index >= 15 is 0 Å². The van der Waals surface area contributed by atoms with E-state index in [2.05, 4.69) is 4.40 Å². The largest absolute Gasteiger partial charge is 0.459 e. The Kier molecular flexibility index (Phi) is 4.59. The van der Waals surface area contributed by atoms with Gasteiger partial charge < -0.3 is 9.64 Å². The van der Waals surface area contributed by atoms with Gasteiger partial charge >= 0.3 is 5.97 Å². The zero-order valence-electron chi connectivity index (χ0n) is 14.0. The standard InChI is InChI=1S/C18H18N2O4S/c1-13-7-9-14(10-8-13)12-24-17(21)11-20(2)18-15-5-3-4-6-16(15)25(22,23)19-18/h3-10H,11-12H2,1-2H3. The summed E-state index contributed by atoms with van der Waals surface area (Å²) in [7, 11) is -2.09. The Hall–Kier alpha value is -2.67. The molecule has 0 amide bonds. The number of carbonyl (C=O) groups excluding carboxylic acids is 1. The molecule has 0 N–H and O–H groups in total. The summed E-state index contributed by atoms with van der Waals surface area (Å²) in [5.41, 5.74) is 2.53. The van der Waals surface area contributed by atoms with Gasteiger partial charge in [-0.2, -0.15) is 8.42 Å². The smallest absolute Gasteiger partial charge is 0.325 e. The number of likely N-dealkylation sites (N-methyl/N-ethyl adjacent to an activating group) is 1. The first-order valence-electron chi connectivity index (χ1n) is 7.73. The van der Waals surface area contributed by atoms with Crippen LogP contribution in [0.25, 0.3) is 0 Å². The highest BCUT2D eigenvalue weighted by molar-refractivity contribution is 7.90. The Morgan fingerprint density at radius 3 is 2.52 bits per heavy atom. The third-order valence-electron chi connectivity index (χ3n) is 3.86. The summed E-state index contributed by atoms with van der Waals surface area (Å²) in [4.78, 5) is 13.7. The van der Waals surface area contributed by atoms with E-state index in [1.54, 1.807) is 25.2 Å². The second-order valence-electron chi connectivity index (χ2n) is 5.89. The minimum Gasteiger partial charge on any atom is -0.459 e. The van der Waals surface area contributed by atoms with E-state index in [0.717, 1.165) is 11.1 Å². The summed E-state index contributed by atoms with van der Waals surface area (Å²) >= 11 is 0. The average Bonchev–Trinajstić information content (AvgIpc) is 2.86. The van der Waals surface area contributed by atoms with Gasteiger partial charge in [0.25, 0.3) is 10.0 Å². The van der Waals surface area contributed by atoms with Gasteiger partial charge in [-0.1, -0.05) is 42.0 Å². The normalized spacial score (nSPS) is 14.6. The highest BCUT2D eigenvalue weighted by Crippen LogP contribution is 2.26. The molecule has 0 bridgehead atoms. The minimum absolute atomic E-state index is 0.0887. The Balaban J connectivity index is 1.65. The van der Waals surface area contributed by atoms with E-state index in [-0.39, 0.29) is 23.9 Å². The Labute approximate surface area is 146 Å². The third kappa shape index (κ3) is 3.71. The van der Waals surface area contributed by atoms with Crippen molar-refractivity contribution < 1.29 is 17.9 Å². The van der Waals surface area contributed by atoms with Crippen LogP contribution >= 0.6 is 0 Å². The fourth-order valence-electron chi connectivity index (χ4n) is 2.53. The van der Waals surface area contributed by atoms with Gasteiger partial charge in [-0.3, -0.25) is 4.79 Å². The van der Waals surface area contributed by atoms with Crippen LogP contribution in [0, 0.1) is 6.92 Å². The van der Waals surface area contributed by atoms with Crippen LogP contribution in [0.2, 0.25) is 0 Å². The zero-order chi connectivity index (χ0) is 18.0. The van der Waals surface area contributed by atoms with Crippen LogP contribution in [0.15, 0.2) is 57.8 Å². The van der Waals surface area contributed by atoms with E-state index in [4.69, 9.17) is 4.74 Å². The van der Waals surface area contributed by atoms with Gasteiger partial charge in [0.15, 0.2) is 5.84 Å². The maximum Gasteiger partial charge on any atom is 0.325 e. The molecule has 0 spiro atoms. The number of fused-ring (bicyclic) bond motifs is 1. The molecular formula is C18H18N2O4S. The summed E-state index contributed by atoms with van der Waals surface area (Å²) < 4.78 is 33.2. The minimum atomic E-state index is -3.70. The lowest BCUT2D eigenvalue weighted by atomic mass is 10.2. The molecule has 25 heavy (non-hydrogen) atoms. The summed E-state index contributed by atoms with van der Waals surface area (Å²) in [6.45, 7) is 2.07. The van der Waals surface area contributed by atoms with Crippen molar-refractivity contribution in [3.8, 4) is 0 Å². The number of amidine groups is 1. The van der Waals surface area contributed by atoms with Gasteiger partial charge in [0.2, 0.25) is 0 Å². The van der Waals surface area contributed by atoms with Crippen molar-refractivity contribution in [1.29, 1.82) is 0 Å². The molecule has 0 radical (unpaired) electrons. The SMILES string of the molecule is Cc1ccc(COC(=O)CN(C)C2=NS(=O)(=O)c3ccccc32)cc1. The molecule has 2 aromatic carbocycles. The van der Waals surface area contributed by atoms with E-state index in [9.17, 15) is 13.2 Å². The van der Waals surface area contributed by atoms with Gasteiger partial charge in [0.1, 0.15) is 18.0 Å². The van der Waals surface area contributed by atoms with Crippen molar-refractivity contribution in [3.63, 3.8) is 0 Å². The molecule has 1 heterocycles. The summed E-state index contributed by atoms with van der Waals surface area (Å²) in [6, 6.07) is 14.3. The Morgan fingerprint density at radius 2 is 1.80 bits per heavy atom. The molecule has 1 aliphatic rings. The molecular weight excluding hydrogens is 340 g/mol. The molecule has 0 aliphatic carbocycles. The number of ether oxygens (including phenoxy) is 1. The summed E-state index contributed by atoms with van der Waals surface area (Å²) in [6.07, 6.45) is 0. The quantitative estimate of drug-likeness (QED) is 0.783. The molecule has 3 rings (SSSR count). The van der Waals surface area contributed by atoms with Crippen LogP contribution in [0.3, 0.4) is 0 Å². The molecule has 7 heteroatoms. The second-order valence-corrected chi connectivity index (χ2v) is 7.46. The Bertz CT molecular complexity index is 934. The maximum absolute atomic E-state index is 12.1. The number of nitrogens with zero attached hydrogens (tertiary/aromatic N) is 2. The first-order chi connectivity index (χ1) is 11.9. The van der Waals surface area contributed by atoms with Crippen LogP contribution in [0.1, 0.15) is 16.7 Å². The van der Waals surface area contributed by atoms with E-state index in [1.807, 2.05) is 31.2 Å². The van der Waals surface area contributed by atoms with Crippen molar-refractivity contribution in [3.05, 3.63) is 65.2 Å². The lowest BCUT2D eigenvalue weighted by Gasteiger charge is -2.18. The number of rotatable bonds is 4. The molecule has 0 fully saturated rings. The number of esters is 1. The van der Waals surface area contributed by atoms with Gasteiger partial charge in [-0.05, 0) is 24.6 Å². The lowest BCUT2D eigenvalue weighted by Crippen LogP contribution is -2.32. The number of hydrogen-bond acceptors (Lipinski definition) is 5. The molecule has 0 aromatic heterocycles. The third-order valence-corrected chi connectivity index (χ3v) is 5.19. The molecule has 0 unspecified atom stereocenters. The number of carbonyl (C=O) groups is 1. The molecule has 0 atom stereocenters. The van der Waals surface area contributed by atoms with Crippen molar-refractivity contribution in [2.24, 2.45) is 4.40 Å². The van der Waals surface area contributed by atoms with Crippen molar-refractivity contribution in [2.75, 3.05) is 13.6 Å². The molecule has 2 aromatic rings. The first-order valence-corrected chi connectivity index (χ1v) is 9.17. The van der Waals surface area contributed by atoms with Crippen LogP contribution in [-0.4, -0.2) is 38.7 Å². The lowest BCUT2D eigenvalue weighted by molar-refractivity contribution is -0.145. The van der Waals surface area contributed by atoms with E-state index in [1.165, 1.54) is 11.0 Å². The molecule has 1 aliphatic heterocycles.